The van der Waals surface area contributed by atoms with Crippen LogP contribution in [0.25, 0.3) is 0 Å². The summed E-state index contributed by atoms with van der Waals surface area (Å²) < 4.78 is 13.9. The van der Waals surface area contributed by atoms with Crippen LogP contribution in [-0.4, -0.2) is 13.1 Å². The number of alkyl halides is 1. The van der Waals surface area contributed by atoms with Gasteiger partial charge in [0.25, 0.3) is 0 Å². The Kier molecular flexibility index (Phi) is 2.31. The van der Waals surface area contributed by atoms with Gasteiger partial charge in [0.15, 0.2) is 5.67 Å². The molecule has 1 aliphatic rings. The summed E-state index contributed by atoms with van der Waals surface area (Å²) in [6.45, 7) is 5.19. The molecule has 0 atom stereocenters. The van der Waals surface area contributed by atoms with E-state index in [1.165, 1.54) is 5.56 Å². The van der Waals surface area contributed by atoms with Crippen LogP contribution in [0.4, 0.5) is 4.39 Å². The lowest BCUT2D eigenvalue weighted by molar-refractivity contribution is 0.0891. The number of halogens is 1. The third kappa shape index (κ3) is 1.55. The van der Waals surface area contributed by atoms with Gasteiger partial charge in [-0.15, -0.1) is 0 Å². The van der Waals surface area contributed by atoms with E-state index in [9.17, 15) is 4.39 Å². The highest BCUT2D eigenvalue weighted by Gasteiger charge is 2.38. The van der Waals surface area contributed by atoms with Crippen LogP contribution in [0.3, 0.4) is 0 Å². The molecule has 1 nitrogen and oxygen atoms in total. The van der Waals surface area contributed by atoms with Crippen LogP contribution in [0.15, 0.2) is 24.3 Å². The van der Waals surface area contributed by atoms with E-state index in [-0.39, 0.29) is 0 Å². The van der Waals surface area contributed by atoms with E-state index in [1.807, 2.05) is 24.3 Å². The van der Waals surface area contributed by atoms with Gasteiger partial charge in [0, 0.05) is 13.1 Å². The zero-order chi connectivity index (χ0) is 10.2. The molecule has 1 heterocycles. The molecule has 76 valence electrons. The largest absolute Gasteiger partial charge is 0.310 e. The molecule has 0 saturated carbocycles. The molecule has 14 heavy (non-hydrogen) atoms. The molecule has 1 aromatic carbocycles. The maximum atomic E-state index is 13.9. The average molecular weight is 193 g/mol. The first kappa shape index (κ1) is 9.66. The van der Waals surface area contributed by atoms with Crippen LogP contribution in [0.5, 0.6) is 0 Å². The van der Waals surface area contributed by atoms with E-state index in [0.717, 1.165) is 5.56 Å². The minimum atomic E-state index is -1.12. The highest BCUT2D eigenvalue weighted by atomic mass is 19.1. The van der Waals surface area contributed by atoms with Crippen molar-refractivity contribution in [2.45, 2.75) is 25.4 Å². The second kappa shape index (κ2) is 3.35. The van der Waals surface area contributed by atoms with Gasteiger partial charge in [0.05, 0.1) is 0 Å². The minimum absolute atomic E-state index is 0.452. The van der Waals surface area contributed by atoms with Crippen molar-refractivity contribution in [1.29, 1.82) is 0 Å². The van der Waals surface area contributed by atoms with Crippen LogP contribution in [0.1, 0.15) is 30.9 Å². The van der Waals surface area contributed by atoms with Crippen LogP contribution in [0, 0.1) is 0 Å². The molecule has 0 spiro atoms. The van der Waals surface area contributed by atoms with Crippen LogP contribution in [0.2, 0.25) is 0 Å². The number of hydrogen-bond acceptors (Lipinski definition) is 1. The van der Waals surface area contributed by atoms with Gasteiger partial charge in [-0.2, -0.15) is 0 Å². The second-order valence-electron chi connectivity index (χ2n) is 4.35. The smallest absolute Gasteiger partial charge is 0.160 e. The predicted octanol–water partition coefficient (Wildman–Crippen LogP) is 2.58. The SMILES string of the molecule is CC(C)c1ccc(C2(F)CNC2)cc1. The number of benzene rings is 1. The average Bonchev–Trinajstić information content (AvgIpc) is 2.14. The molecular weight excluding hydrogens is 177 g/mol. The molecule has 0 bridgehead atoms. The Morgan fingerprint density at radius 3 is 2.14 bits per heavy atom. The van der Waals surface area contributed by atoms with Gasteiger partial charge in [0.1, 0.15) is 0 Å². The Morgan fingerprint density at radius 1 is 1.21 bits per heavy atom. The zero-order valence-electron chi connectivity index (χ0n) is 8.68. The van der Waals surface area contributed by atoms with Crippen LogP contribution in [-0.2, 0) is 5.67 Å². The molecule has 1 aliphatic heterocycles. The molecule has 0 aromatic heterocycles. The number of nitrogens with one attached hydrogen (secondary N) is 1. The minimum Gasteiger partial charge on any atom is -0.310 e. The third-order valence-electron chi connectivity index (χ3n) is 2.91. The van der Waals surface area contributed by atoms with Crippen molar-refractivity contribution in [3.05, 3.63) is 35.4 Å². The predicted molar refractivity (Wildman–Crippen MR) is 56.2 cm³/mol. The highest BCUT2D eigenvalue weighted by molar-refractivity contribution is 5.31. The Bertz CT molecular complexity index is 312. The summed E-state index contributed by atoms with van der Waals surface area (Å²) in [6, 6.07) is 7.88. The van der Waals surface area contributed by atoms with Crippen molar-refractivity contribution in [3.63, 3.8) is 0 Å². The summed E-state index contributed by atoms with van der Waals surface area (Å²) in [5, 5.41) is 2.96. The number of hydrogen-bond donors (Lipinski definition) is 1. The lowest BCUT2D eigenvalue weighted by Gasteiger charge is -2.35. The van der Waals surface area contributed by atoms with E-state index < -0.39 is 5.67 Å². The summed E-state index contributed by atoms with van der Waals surface area (Å²) in [7, 11) is 0. The van der Waals surface area contributed by atoms with E-state index in [4.69, 9.17) is 0 Å². The fourth-order valence-corrected chi connectivity index (χ4v) is 1.72. The van der Waals surface area contributed by atoms with E-state index in [0.29, 0.717) is 19.0 Å². The van der Waals surface area contributed by atoms with Crippen molar-refractivity contribution in [2.75, 3.05) is 13.1 Å². The maximum absolute atomic E-state index is 13.9. The van der Waals surface area contributed by atoms with Gasteiger partial charge in [-0.25, -0.2) is 4.39 Å². The fourth-order valence-electron chi connectivity index (χ4n) is 1.72. The Balaban J connectivity index is 2.21. The molecule has 1 aromatic rings. The molecular formula is C12H16FN. The molecule has 0 radical (unpaired) electrons. The van der Waals surface area contributed by atoms with E-state index >= 15 is 0 Å². The molecule has 0 unspecified atom stereocenters. The lowest BCUT2D eigenvalue weighted by atomic mass is 9.88. The summed E-state index contributed by atoms with van der Waals surface area (Å²) >= 11 is 0. The first-order valence-corrected chi connectivity index (χ1v) is 5.12. The zero-order valence-corrected chi connectivity index (χ0v) is 8.68. The standard InChI is InChI=1S/C12H16FN/c1-9(2)10-3-5-11(6-4-10)12(13)7-14-8-12/h3-6,9,14H,7-8H2,1-2H3. The summed E-state index contributed by atoms with van der Waals surface area (Å²) in [5.74, 6) is 0.513. The Labute approximate surface area is 84.3 Å². The first-order chi connectivity index (χ1) is 6.62. The van der Waals surface area contributed by atoms with E-state index in [1.54, 1.807) is 0 Å². The van der Waals surface area contributed by atoms with Crippen molar-refractivity contribution < 1.29 is 4.39 Å². The highest BCUT2D eigenvalue weighted by Crippen LogP contribution is 2.30. The molecule has 2 rings (SSSR count). The van der Waals surface area contributed by atoms with Gasteiger partial charge in [-0.1, -0.05) is 38.1 Å². The topological polar surface area (TPSA) is 12.0 Å². The van der Waals surface area contributed by atoms with Gasteiger partial charge >= 0.3 is 0 Å². The van der Waals surface area contributed by atoms with Gasteiger partial charge in [0.2, 0.25) is 0 Å². The fraction of sp³-hybridized carbons (Fsp3) is 0.500. The molecule has 1 saturated heterocycles. The normalized spacial score (nSPS) is 19.4. The van der Waals surface area contributed by atoms with Crippen molar-refractivity contribution in [3.8, 4) is 0 Å². The maximum Gasteiger partial charge on any atom is 0.160 e. The molecule has 2 heteroatoms. The van der Waals surface area contributed by atoms with Crippen molar-refractivity contribution >= 4 is 0 Å². The van der Waals surface area contributed by atoms with Crippen LogP contribution < -0.4 is 5.32 Å². The summed E-state index contributed by atoms with van der Waals surface area (Å²) in [5.41, 5.74) is 0.959. The lowest BCUT2D eigenvalue weighted by Crippen LogP contribution is -2.53. The summed E-state index contributed by atoms with van der Waals surface area (Å²) in [6.07, 6.45) is 0. The number of rotatable bonds is 2. The quantitative estimate of drug-likeness (QED) is 0.761. The molecule has 1 N–H and O–H groups in total. The Hall–Kier alpha value is -0.890. The van der Waals surface area contributed by atoms with Crippen LogP contribution >= 0.6 is 0 Å². The molecule has 0 amide bonds. The van der Waals surface area contributed by atoms with Gasteiger partial charge in [-0.05, 0) is 17.0 Å². The summed E-state index contributed by atoms with van der Waals surface area (Å²) in [4.78, 5) is 0. The molecule has 0 aliphatic carbocycles. The van der Waals surface area contributed by atoms with Gasteiger partial charge in [-0.3, -0.25) is 0 Å². The van der Waals surface area contributed by atoms with Crippen molar-refractivity contribution in [2.24, 2.45) is 0 Å². The molecule has 1 fully saturated rings. The Morgan fingerprint density at radius 2 is 1.79 bits per heavy atom. The monoisotopic (exact) mass is 193 g/mol. The van der Waals surface area contributed by atoms with Gasteiger partial charge < -0.3 is 5.32 Å². The van der Waals surface area contributed by atoms with E-state index in [2.05, 4.69) is 19.2 Å². The van der Waals surface area contributed by atoms with Crippen molar-refractivity contribution in [1.82, 2.24) is 5.32 Å². The third-order valence-corrected chi connectivity index (χ3v) is 2.91. The second-order valence-corrected chi connectivity index (χ2v) is 4.35. The first-order valence-electron chi connectivity index (χ1n) is 5.12.